The number of aldehydes is 1. The van der Waals surface area contributed by atoms with E-state index in [2.05, 4.69) is 4.90 Å². The highest BCUT2D eigenvalue weighted by Crippen LogP contribution is 2.22. The van der Waals surface area contributed by atoms with Gasteiger partial charge in [-0.2, -0.15) is 0 Å². The van der Waals surface area contributed by atoms with Gasteiger partial charge in [0, 0.05) is 31.9 Å². The minimum atomic E-state index is -0.900. The molecule has 7 heteroatoms. The van der Waals surface area contributed by atoms with E-state index in [9.17, 15) is 14.4 Å². The third-order valence-corrected chi connectivity index (χ3v) is 4.23. The van der Waals surface area contributed by atoms with Gasteiger partial charge in [-0.1, -0.05) is 12.1 Å². The summed E-state index contributed by atoms with van der Waals surface area (Å²) in [7, 11) is 0. The first-order valence-corrected chi connectivity index (χ1v) is 9.20. The van der Waals surface area contributed by atoms with Crippen molar-refractivity contribution in [3.05, 3.63) is 29.8 Å². The molecule has 2 rings (SSSR count). The van der Waals surface area contributed by atoms with Crippen molar-refractivity contribution in [1.82, 2.24) is 4.90 Å². The van der Waals surface area contributed by atoms with Crippen LogP contribution in [0.2, 0.25) is 0 Å². The molecule has 0 saturated carbocycles. The van der Waals surface area contributed by atoms with Crippen LogP contribution in [0.5, 0.6) is 0 Å². The summed E-state index contributed by atoms with van der Waals surface area (Å²) in [5.74, 6) is -1.44. The van der Waals surface area contributed by atoms with Crippen LogP contribution in [0.1, 0.15) is 39.2 Å². The summed E-state index contributed by atoms with van der Waals surface area (Å²) in [6.07, 6.45) is 0.313. The van der Waals surface area contributed by atoms with Crippen molar-refractivity contribution < 1.29 is 23.9 Å². The predicted octanol–water partition coefficient (Wildman–Crippen LogP) is 2.59. The summed E-state index contributed by atoms with van der Waals surface area (Å²) in [5, 5.41) is 0. The number of amides is 1. The van der Waals surface area contributed by atoms with Crippen LogP contribution >= 0.6 is 0 Å². The van der Waals surface area contributed by atoms with Crippen molar-refractivity contribution in [2.45, 2.75) is 39.2 Å². The maximum atomic E-state index is 12.1. The maximum Gasteiger partial charge on any atom is 0.410 e. The van der Waals surface area contributed by atoms with Crippen LogP contribution in [0.15, 0.2) is 24.3 Å². The van der Waals surface area contributed by atoms with Crippen LogP contribution in [0.25, 0.3) is 0 Å². The van der Waals surface area contributed by atoms with E-state index in [4.69, 9.17) is 9.47 Å². The zero-order valence-corrected chi connectivity index (χ0v) is 16.4. The fourth-order valence-corrected chi connectivity index (χ4v) is 2.87. The molecular weight excluding hydrogens is 348 g/mol. The van der Waals surface area contributed by atoms with Crippen molar-refractivity contribution in [2.75, 3.05) is 37.7 Å². The average molecular weight is 376 g/mol. The molecule has 0 aromatic heterocycles. The molecule has 27 heavy (non-hydrogen) atoms. The lowest BCUT2D eigenvalue weighted by Crippen LogP contribution is -2.50. The van der Waals surface area contributed by atoms with Gasteiger partial charge in [0.2, 0.25) is 0 Å². The lowest BCUT2D eigenvalue weighted by atomic mass is 10.0. The first-order chi connectivity index (χ1) is 12.7. The highest BCUT2D eigenvalue weighted by molar-refractivity contribution is 5.94. The molecule has 1 aliphatic rings. The molecule has 0 N–H and O–H groups in total. The Kier molecular flexibility index (Phi) is 6.82. The van der Waals surface area contributed by atoms with Crippen LogP contribution in [0, 0.1) is 0 Å². The second-order valence-electron chi connectivity index (χ2n) is 7.41. The number of carbonyl (C=O) groups excluding carboxylic acids is 3. The standard InChI is InChI=1S/C20H28N2O5/c1-5-26-18(24)17(14-23)15-6-8-16(9-7-15)21-10-12-22(13-11-21)19(25)27-20(2,3)4/h6-9,14,17H,5,10-13H2,1-4H3. The SMILES string of the molecule is CCOC(=O)C(C=O)c1ccc(N2CCN(C(=O)OC(C)(C)C)CC2)cc1. The second kappa shape index (κ2) is 8.88. The van der Waals surface area contributed by atoms with Gasteiger partial charge in [-0.05, 0) is 45.4 Å². The van der Waals surface area contributed by atoms with Gasteiger partial charge in [-0.25, -0.2) is 4.79 Å². The Bertz CT molecular complexity index is 658. The van der Waals surface area contributed by atoms with Gasteiger partial charge < -0.3 is 24.1 Å². The third kappa shape index (κ3) is 5.70. The summed E-state index contributed by atoms with van der Waals surface area (Å²) in [6.45, 7) is 10.0. The number of ether oxygens (including phenoxy) is 2. The van der Waals surface area contributed by atoms with Crippen molar-refractivity contribution in [3.63, 3.8) is 0 Å². The maximum absolute atomic E-state index is 12.1. The number of hydrogen-bond acceptors (Lipinski definition) is 6. The molecule has 1 fully saturated rings. The molecule has 0 aliphatic carbocycles. The average Bonchev–Trinajstić information content (AvgIpc) is 2.62. The zero-order valence-electron chi connectivity index (χ0n) is 16.4. The van der Waals surface area contributed by atoms with Gasteiger partial charge in [0.25, 0.3) is 0 Å². The summed E-state index contributed by atoms with van der Waals surface area (Å²) in [5.41, 5.74) is 1.09. The fraction of sp³-hybridized carbons (Fsp3) is 0.550. The molecule has 0 bridgehead atoms. The Balaban J connectivity index is 1.96. The Hall–Kier alpha value is -2.57. The van der Waals surface area contributed by atoms with Crippen LogP contribution in [-0.4, -0.2) is 61.6 Å². The first-order valence-electron chi connectivity index (χ1n) is 9.20. The van der Waals surface area contributed by atoms with E-state index < -0.39 is 17.5 Å². The molecule has 1 saturated heterocycles. The van der Waals surface area contributed by atoms with Crippen molar-refractivity contribution >= 4 is 24.0 Å². The van der Waals surface area contributed by atoms with Crippen molar-refractivity contribution in [2.24, 2.45) is 0 Å². The normalized spacial score (nSPS) is 15.9. The van der Waals surface area contributed by atoms with E-state index in [-0.39, 0.29) is 12.7 Å². The van der Waals surface area contributed by atoms with Gasteiger partial charge in [-0.15, -0.1) is 0 Å². The van der Waals surface area contributed by atoms with Gasteiger partial charge in [0.05, 0.1) is 6.61 Å². The van der Waals surface area contributed by atoms with E-state index in [1.54, 1.807) is 24.0 Å². The number of nitrogens with zero attached hydrogens (tertiary/aromatic N) is 2. The quantitative estimate of drug-likeness (QED) is 0.447. The lowest BCUT2D eigenvalue weighted by Gasteiger charge is -2.36. The Morgan fingerprint density at radius 2 is 1.70 bits per heavy atom. The molecule has 148 valence electrons. The zero-order chi connectivity index (χ0) is 20.0. The summed E-state index contributed by atoms with van der Waals surface area (Å²) in [6, 6.07) is 7.31. The number of anilines is 1. The van der Waals surface area contributed by atoms with Crippen LogP contribution < -0.4 is 4.90 Å². The number of benzene rings is 1. The fourth-order valence-electron chi connectivity index (χ4n) is 2.87. The Labute approximate surface area is 160 Å². The van der Waals surface area contributed by atoms with Gasteiger partial charge >= 0.3 is 12.1 Å². The smallest absolute Gasteiger partial charge is 0.410 e. The van der Waals surface area contributed by atoms with E-state index in [0.717, 1.165) is 5.69 Å². The van der Waals surface area contributed by atoms with Crippen molar-refractivity contribution in [3.8, 4) is 0 Å². The Morgan fingerprint density at radius 3 is 2.19 bits per heavy atom. The van der Waals surface area contributed by atoms with Crippen LogP contribution in [-0.2, 0) is 19.1 Å². The molecular formula is C20H28N2O5. The minimum Gasteiger partial charge on any atom is -0.465 e. The molecule has 1 aromatic carbocycles. The number of carbonyl (C=O) groups is 3. The molecule has 1 atom stereocenters. The van der Waals surface area contributed by atoms with E-state index >= 15 is 0 Å². The Morgan fingerprint density at radius 1 is 1.11 bits per heavy atom. The van der Waals surface area contributed by atoms with Crippen LogP contribution in [0.3, 0.4) is 0 Å². The predicted molar refractivity (Wildman–Crippen MR) is 102 cm³/mol. The monoisotopic (exact) mass is 376 g/mol. The molecule has 0 radical (unpaired) electrons. The third-order valence-electron chi connectivity index (χ3n) is 4.23. The van der Waals surface area contributed by atoms with Gasteiger partial charge in [0.1, 0.15) is 17.8 Å². The van der Waals surface area contributed by atoms with E-state index in [1.807, 2.05) is 32.9 Å². The summed E-state index contributed by atoms with van der Waals surface area (Å²) >= 11 is 0. The van der Waals surface area contributed by atoms with Crippen LogP contribution in [0.4, 0.5) is 10.5 Å². The lowest BCUT2D eigenvalue weighted by molar-refractivity contribution is -0.146. The topological polar surface area (TPSA) is 76.2 Å². The highest BCUT2D eigenvalue weighted by atomic mass is 16.6. The molecule has 1 heterocycles. The number of piperazine rings is 1. The molecule has 1 unspecified atom stereocenters. The minimum absolute atomic E-state index is 0.239. The molecule has 1 aromatic rings. The molecule has 1 amide bonds. The summed E-state index contributed by atoms with van der Waals surface area (Å²) < 4.78 is 10.3. The van der Waals surface area contributed by atoms with E-state index in [0.29, 0.717) is 38.0 Å². The largest absolute Gasteiger partial charge is 0.465 e. The molecule has 7 nitrogen and oxygen atoms in total. The van der Waals surface area contributed by atoms with Gasteiger partial charge in [-0.3, -0.25) is 4.79 Å². The molecule has 1 aliphatic heterocycles. The van der Waals surface area contributed by atoms with Crippen molar-refractivity contribution in [1.29, 1.82) is 0 Å². The molecule has 0 spiro atoms. The highest BCUT2D eigenvalue weighted by Gasteiger charge is 2.26. The summed E-state index contributed by atoms with van der Waals surface area (Å²) in [4.78, 5) is 39.1. The number of rotatable bonds is 5. The second-order valence-corrected chi connectivity index (χ2v) is 7.41. The first kappa shape index (κ1) is 20.7. The number of esters is 1. The number of hydrogen-bond donors (Lipinski definition) is 0. The van der Waals surface area contributed by atoms with E-state index in [1.165, 1.54) is 0 Å². The van der Waals surface area contributed by atoms with Gasteiger partial charge in [0.15, 0.2) is 0 Å².